The van der Waals surface area contributed by atoms with Gasteiger partial charge in [-0.15, -0.1) is 0 Å². The summed E-state index contributed by atoms with van der Waals surface area (Å²) in [7, 11) is -7.37. The second-order valence-electron chi connectivity index (χ2n) is 28.3. The van der Waals surface area contributed by atoms with E-state index in [0.717, 1.165) is 117 Å². The van der Waals surface area contributed by atoms with Crippen molar-refractivity contribution in [3.05, 3.63) is 461 Å². The van der Waals surface area contributed by atoms with Gasteiger partial charge in [0.15, 0.2) is 22.0 Å². The summed E-state index contributed by atoms with van der Waals surface area (Å²) in [6.07, 6.45) is 0. The Morgan fingerprint density at radius 1 is 0.118 bits per heavy atom. The van der Waals surface area contributed by atoms with Gasteiger partial charge in [-0.25, -0.2) is 9.97 Å². The molecule has 0 aliphatic heterocycles. The summed E-state index contributed by atoms with van der Waals surface area (Å²) in [5.74, 6) is 0.623. The van der Waals surface area contributed by atoms with Gasteiger partial charge in [-0.05, 0) is 149 Å². The van der Waals surface area contributed by atoms with E-state index in [1.165, 1.54) is 41.5 Å². The molecule has 0 radical (unpaired) electrons. The Kier molecular flexibility index (Phi) is 19.0. The fraction of sp³-hybridized carbons (Fsp3) is 0. The molecule has 0 fully saturated rings. The van der Waals surface area contributed by atoms with E-state index in [1.807, 2.05) is 0 Å². The van der Waals surface area contributed by atoms with E-state index >= 15 is 0 Å². The molecule has 1 aromatic heterocycles. The van der Waals surface area contributed by atoms with Crippen LogP contribution < -0.4 is 41.5 Å². The Balaban J connectivity index is 0.995. The molecule has 0 N–H and O–H groups in total. The van der Waals surface area contributed by atoms with Crippen LogP contribution in [0.1, 0.15) is 0 Å². The monoisotopic (exact) mass is 1430 g/mol. The maximum atomic E-state index is 5.99. The molecular weight excluding hydrogens is 1360 g/mol. The minimum Gasteiger partial charge on any atom is -0.228 e. The van der Waals surface area contributed by atoms with E-state index in [-0.39, 0.29) is 0 Å². The quantitative estimate of drug-likeness (QED) is 0.0596. The minimum atomic E-state index is -3.69. The summed E-state index contributed by atoms with van der Waals surface area (Å²) in [5, 5.41) is 9.84. The van der Waals surface area contributed by atoms with Crippen molar-refractivity contribution in [1.29, 1.82) is 0 Å². The molecule has 0 unspecified atom stereocenters. The van der Waals surface area contributed by atoms with Gasteiger partial charge in [0.25, 0.3) is 0 Å². The second-order valence-corrected chi connectivity index (χ2v) is 35.9. The first-order chi connectivity index (χ1) is 54.5. The van der Waals surface area contributed by atoms with Crippen LogP contribution in [-0.2, 0) is 0 Å². The smallest absolute Gasteiger partial charge is 0.179 e. The van der Waals surface area contributed by atoms with Crippen LogP contribution in [0.25, 0.3) is 123 Å². The Labute approximate surface area is 647 Å². The van der Waals surface area contributed by atoms with Crippen LogP contribution in [0.4, 0.5) is 0 Å². The van der Waals surface area contributed by atoms with Gasteiger partial charge in [0.2, 0.25) is 0 Å². The number of nitrogens with zero attached hydrogens (tertiary/aromatic N) is 2. The van der Waals surface area contributed by atoms with Gasteiger partial charge in [0.05, 0.1) is 11.4 Å². The standard InChI is InChI=1S/C106H76N2Si2/c1-9-27-77(28-10-1)85-47-59-96(60-48-85)109(97-61-49-86(50-62-97)78-29-11-2-12-30-78,98-63-51-87(52-64-98)79-31-13-3-14-32-79)102-73-95(106-107-104(93-45-25-43-91(71-93)83-39-21-7-22-40-83)76-105(108-106)94-46-26-44-92(72-94)84-41-23-8-24-42-84)74-103(75-102)110(99-65-53-88(54-66-99)80-33-15-4-16-34-80,100-67-55-89(56-68-100)81-35-17-5-18-36-81)101-69-57-90(58-70-101)82-37-19-6-20-38-82/h1-76H. The van der Waals surface area contributed by atoms with Crippen molar-refractivity contribution < 1.29 is 0 Å². The minimum absolute atomic E-state index is 0.623. The number of rotatable bonds is 19. The predicted molar refractivity (Wildman–Crippen MR) is 469 cm³/mol. The molecular formula is C106H76N2Si2. The summed E-state index contributed by atoms with van der Waals surface area (Å²) in [5.41, 5.74) is 22.9. The maximum absolute atomic E-state index is 5.99. The van der Waals surface area contributed by atoms with Crippen LogP contribution >= 0.6 is 0 Å². The van der Waals surface area contributed by atoms with Gasteiger partial charge >= 0.3 is 0 Å². The zero-order chi connectivity index (χ0) is 73.5. The summed E-state index contributed by atoms with van der Waals surface area (Å²) in [6.45, 7) is 0. The van der Waals surface area contributed by atoms with E-state index in [9.17, 15) is 0 Å². The van der Waals surface area contributed by atoms with Crippen LogP contribution in [0, 0.1) is 0 Å². The molecule has 0 aliphatic rings. The Morgan fingerprint density at radius 2 is 0.300 bits per heavy atom. The van der Waals surface area contributed by atoms with Crippen molar-refractivity contribution in [1.82, 2.24) is 9.97 Å². The Bertz CT molecular complexity index is 5370. The molecule has 110 heavy (non-hydrogen) atoms. The van der Waals surface area contributed by atoms with Crippen molar-refractivity contribution in [3.8, 4) is 123 Å². The van der Waals surface area contributed by atoms with Gasteiger partial charge in [-0.3, -0.25) is 0 Å². The third-order valence-electron chi connectivity index (χ3n) is 21.9. The van der Waals surface area contributed by atoms with Gasteiger partial charge in [0, 0.05) is 16.7 Å². The number of hydrogen-bond donors (Lipinski definition) is 0. The number of aromatic nitrogens is 2. The molecule has 0 bridgehead atoms. The molecule has 518 valence electrons. The van der Waals surface area contributed by atoms with Crippen LogP contribution in [0.2, 0.25) is 0 Å². The molecule has 2 nitrogen and oxygen atoms in total. The number of benzene rings is 17. The normalized spacial score (nSPS) is 11.5. The molecule has 0 spiro atoms. The maximum Gasteiger partial charge on any atom is 0.179 e. The van der Waals surface area contributed by atoms with Gasteiger partial charge in [0.1, 0.15) is 0 Å². The predicted octanol–water partition coefficient (Wildman–Crippen LogP) is 21.6. The van der Waals surface area contributed by atoms with E-state index < -0.39 is 16.1 Å². The second kappa shape index (κ2) is 30.6. The van der Waals surface area contributed by atoms with E-state index in [4.69, 9.17) is 9.97 Å². The lowest BCUT2D eigenvalue weighted by atomic mass is 9.99. The highest BCUT2D eigenvalue weighted by Crippen LogP contribution is 2.35. The first-order valence-corrected chi connectivity index (χ1v) is 41.8. The Hall–Kier alpha value is -13.7. The van der Waals surface area contributed by atoms with Gasteiger partial charge < -0.3 is 0 Å². The fourth-order valence-electron chi connectivity index (χ4n) is 16.3. The molecule has 0 aliphatic carbocycles. The number of hydrogen-bond acceptors (Lipinski definition) is 2. The molecule has 4 heteroatoms. The highest BCUT2D eigenvalue weighted by atomic mass is 28.3. The van der Waals surface area contributed by atoms with Crippen molar-refractivity contribution >= 4 is 57.6 Å². The largest absolute Gasteiger partial charge is 0.228 e. The summed E-state index contributed by atoms with van der Waals surface area (Å²) >= 11 is 0. The van der Waals surface area contributed by atoms with Crippen LogP contribution in [-0.4, -0.2) is 26.1 Å². The Morgan fingerprint density at radius 3 is 0.518 bits per heavy atom. The highest BCUT2D eigenvalue weighted by Gasteiger charge is 2.47. The zero-order valence-electron chi connectivity index (χ0n) is 60.8. The van der Waals surface area contributed by atoms with Crippen molar-refractivity contribution in [2.75, 3.05) is 0 Å². The lowest BCUT2D eigenvalue weighted by molar-refractivity contribution is 1.18. The molecule has 0 atom stereocenters. The lowest BCUT2D eigenvalue weighted by Gasteiger charge is -2.39. The molecule has 18 rings (SSSR count). The fourth-order valence-corrected chi connectivity index (χ4v) is 25.9. The van der Waals surface area contributed by atoms with E-state index in [2.05, 4.69) is 461 Å². The topological polar surface area (TPSA) is 25.8 Å². The van der Waals surface area contributed by atoms with E-state index in [0.29, 0.717) is 5.82 Å². The molecule has 18 aromatic rings. The van der Waals surface area contributed by atoms with Gasteiger partial charge in [-0.2, -0.15) is 0 Å². The third kappa shape index (κ3) is 13.5. The third-order valence-corrected chi connectivity index (χ3v) is 31.4. The SMILES string of the molecule is c1ccc(-c2ccc([Si](c3ccc(-c4ccccc4)cc3)(c3ccc(-c4ccccc4)cc3)c3cc(-c4nc(-c5cccc(-c6ccccc6)c5)cc(-c5cccc(-c6ccccc6)c5)n4)cc([Si](c4ccc(-c5ccccc5)cc4)(c4ccc(-c5ccccc5)cc4)c4ccc(-c5ccccc5)cc4)c3)cc2)cc1. The van der Waals surface area contributed by atoms with Gasteiger partial charge in [-0.1, -0.05) is 443 Å². The van der Waals surface area contributed by atoms with Crippen LogP contribution in [0.15, 0.2) is 461 Å². The highest BCUT2D eigenvalue weighted by molar-refractivity contribution is 7.22. The summed E-state index contributed by atoms with van der Waals surface area (Å²) < 4.78 is 0. The zero-order valence-corrected chi connectivity index (χ0v) is 62.8. The molecule has 0 saturated carbocycles. The summed E-state index contributed by atoms with van der Waals surface area (Å²) in [4.78, 5) is 12.0. The average Bonchev–Trinajstić information content (AvgIpc) is 0.708. The van der Waals surface area contributed by atoms with Crippen molar-refractivity contribution in [3.63, 3.8) is 0 Å². The molecule has 17 aromatic carbocycles. The average molecular weight is 1430 g/mol. The van der Waals surface area contributed by atoms with Crippen molar-refractivity contribution in [2.45, 2.75) is 0 Å². The lowest BCUT2D eigenvalue weighted by Crippen LogP contribution is -2.78. The molecule has 0 saturated heterocycles. The molecule has 1 heterocycles. The summed E-state index contributed by atoms with van der Waals surface area (Å²) in [6, 6.07) is 171. The van der Waals surface area contributed by atoms with Crippen LogP contribution in [0.5, 0.6) is 0 Å². The van der Waals surface area contributed by atoms with Crippen LogP contribution in [0.3, 0.4) is 0 Å². The molecule has 0 amide bonds. The first kappa shape index (κ1) is 68.1. The van der Waals surface area contributed by atoms with E-state index in [1.54, 1.807) is 0 Å². The van der Waals surface area contributed by atoms with Crippen molar-refractivity contribution in [2.24, 2.45) is 0 Å². The first-order valence-electron chi connectivity index (χ1n) is 37.8.